The Kier molecular flexibility index (Phi) is 4.46. The van der Waals surface area contributed by atoms with Gasteiger partial charge in [0.15, 0.2) is 0 Å². The number of benzene rings is 1. The molecule has 0 unspecified atom stereocenters. The molecule has 0 bridgehead atoms. The summed E-state index contributed by atoms with van der Waals surface area (Å²) >= 11 is 0. The molecule has 0 atom stereocenters. The number of rotatable bonds is 7. The molecule has 2 aromatic rings. The lowest BCUT2D eigenvalue weighted by molar-refractivity contribution is -0.121. The van der Waals surface area contributed by atoms with Crippen molar-refractivity contribution in [1.82, 2.24) is 10.6 Å². The van der Waals surface area contributed by atoms with E-state index in [0.29, 0.717) is 18.7 Å². The first-order chi connectivity index (χ1) is 11.2. The highest BCUT2D eigenvalue weighted by molar-refractivity contribution is 5.94. The molecule has 3 rings (SSSR count). The van der Waals surface area contributed by atoms with E-state index >= 15 is 0 Å². The third kappa shape index (κ3) is 3.80. The predicted octanol–water partition coefficient (Wildman–Crippen LogP) is 2.25. The smallest absolute Gasteiger partial charge is 0.254 e. The molecule has 0 spiro atoms. The van der Waals surface area contributed by atoms with Gasteiger partial charge in [-0.15, -0.1) is 0 Å². The van der Waals surface area contributed by atoms with Crippen LogP contribution < -0.4 is 10.6 Å². The lowest BCUT2D eigenvalue weighted by Crippen LogP contribution is -2.35. The number of carbonyl (C=O) groups is 2. The Morgan fingerprint density at radius 1 is 1.09 bits per heavy atom. The minimum absolute atomic E-state index is 0.0419. The Labute approximate surface area is 135 Å². The zero-order chi connectivity index (χ0) is 16.1. The van der Waals surface area contributed by atoms with Crippen LogP contribution in [0.4, 0.5) is 0 Å². The summed E-state index contributed by atoms with van der Waals surface area (Å²) in [5.74, 6) is -0.269. The van der Waals surface area contributed by atoms with Gasteiger partial charge in [-0.1, -0.05) is 30.3 Å². The number of hydrogen-bond donors (Lipinski definition) is 2. The Morgan fingerprint density at radius 3 is 2.52 bits per heavy atom. The van der Waals surface area contributed by atoms with Gasteiger partial charge in [-0.2, -0.15) is 0 Å². The number of amides is 2. The Balaban J connectivity index is 1.40. The van der Waals surface area contributed by atoms with Crippen LogP contribution in [0.5, 0.6) is 0 Å². The van der Waals surface area contributed by atoms with E-state index in [9.17, 15) is 9.59 Å². The van der Waals surface area contributed by atoms with Crippen molar-refractivity contribution in [3.63, 3.8) is 0 Å². The molecule has 120 valence electrons. The van der Waals surface area contributed by atoms with Crippen molar-refractivity contribution < 1.29 is 14.0 Å². The van der Waals surface area contributed by atoms with Gasteiger partial charge in [0.1, 0.15) is 6.26 Å². The molecular weight excluding hydrogens is 292 g/mol. The minimum Gasteiger partial charge on any atom is -0.472 e. The summed E-state index contributed by atoms with van der Waals surface area (Å²) in [4.78, 5) is 23.6. The second kappa shape index (κ2) is 6.69. The van der Waals surface area contributed by atoms with Gasteiger partial charge in [-0.05, 0) is 24.5 Å². The van der Waals surface area contributed by atoms with Crippen molar-refractivity contribution in [3.8, 4) is 0 Å². The number of nitrogens with one attached hydrogen (secondary N) is 2. The molecule has 23 heavy (non-hydrogen) atoms. The molecule has 5 heteroatoms. The number of carbonyl (C=O) groups excluding carboxylic acids is 2. The summed E-state index contributed by atoms with van der Waals surface area (Å²) in [6.07, 6.45) is 5.31. The summed E-state index contributed by atoms with van der Waals surface area (Å²) in [7, 11) is 0. The molecule has 2 amide bonds. The molecule has 5 nitrogen and oxygen atoms in total. The van der Waals surface area contributed by atoms with Gasteiger partial charge < -0.3 is 15.1 Å². The molecule has 1 aromatic carbocycles. The average molecular weight is 312 g/mol. The summed E-state index contributed by atoms with van der Waals surface area (Å²) < 4.78 is 4.85. The molecule has 1 saturated carbocycles. The number of furan rings is 1. The van der Waals surface area contributed by atoms with Crippen LogP contribution in [0.3, 0.4) is 0 Å². The molecule has 0 radical (unpaired) electrons. The maximum absolute atomic E-state index is 11.9. The van der Waals surface area contributed by atoms with Crippen molar-refractivity contribution in [1.29, 1.82) is 0 Å². The van der Waals surface area contributed by atoms with Crippen molar-refractivity contribution >= 4 is 11.8 Å². The molecule has 1 fully saturated rings. The van der Waals surface area contributed by atoms with Crippen molar-refractivity contribution in [2.45, 2.75) is 24.7 Å². The highest BCUT2D eigenvalue weighted by Gasteiger charge is 2.44. The lowest BCUT2D eigenvalue weighted by Gasteiger charge is -2.16. The maximum atomic E-state index is 11.9. The topological polar surface area (TPSA) is 71.3 Å². The van der Waals surface area contributed by atoms with E-state index in [1.54, 1.807) is 6.07 Å². The fourth-order valence-corrected chi connectivity index (χ4v) is 2.65. The zero-order valence-electron chi connectivity index (χ0n) is 12.9. The molecule has 1 aliphatic rings. The van der Waals surface area contributed by atoms with Crippen molar-refractivity contribution in [2.24, 2.45) is 0 Å². The highest BCUT2D eigenvalue weighted by Crippen LogP contribution is 2.47. The Morgan fingerprint density at radius 2 is 1.87 bits per heavy atom. The van der Waals surface area contributed by atoms with Gasteiger partial charge in [-0.25, -0.2) is 0 Å². The van der Waals surface area contributed by atoms with Gasteiger partial charge in [0.05, 0.1) is 11.8 Å². The molecular formula is C18H20N2O3. The molecule has 1 aliphatic carbocycles. The second-order valence-electron chi connectivity index (χ2n) is 5.94. The molecule has 1 heterocycles. The molecule has 1 aromatic heterocycles. The Bertz CT molecular complexity index is 661. The third-order valence-corrected chi connectivity index (χ3v) is 4.28. The van der Waals surface area contributed by atoms with Gasteiger partial charge in [-0.3, -0.25) is 9.59 Å². The first kappa shape index (κ1) is 15.3. The van der Waals surface area contributed by atoms with Crippen LogP contribution in [0.25, 0.3) is 0 Å². The van der Waals surface area contributed by atoms with Crippen molar-refractivity contribution in [2.75, 3.05) is 13.1 Å². The number of hydrogen-bond acceptors (Lipinski definition) is 3. The van der Waals surface area contributed by atoms with Crippen LogP contribution in [-0.2, 0) is 10.2 Å². The van der Waals surface area contributed by atoms with Crippen LogP contribution >= 0.6 is 0 Å². The van der Waals surface area contributed by atoms with Crippen LogP contribution in [0.15, 0.2) is 53.3 Å². The summed E-state index contributed by atoms with van der Waals surface area (Å²) in [5, 5.41) is 5.68. The van der Waals surface area contributed by atoms with E-state index < -0.39 is 0 Å². The van der Waals surface area contributed by atoms with Gasteiger partial charge in [0.2, 0.25) is 5.91 Å². The summed E-state index contributed by atoms with van der Waals surface area (Å²) in [5.41, 5.74) is 1.86. The normalized spacial score (nSPS) is 15.0. The highest BCUT2D eigenvalue weighted by atomic mass is 16.3. The Hall–Kier alpha value is -2.56. The molecule has 2 N–H and O–H groups in total. The minimum atomic E-state index is -0.227. The average Bonchev–Trinajstić information content (AvgIpc) is 3.17. The molecule has 0 saturated heterocycles. The predicted molar refractivity (Wildman–Crippen MR) is 86.0 cm³/mol. The van der Waals surface area contributed by atoms with Gasteiger partial charge in [0, 0.05) is 24.9 Å². The van der Waals surface area contributed by atoms with Gasteiger partial charge >= 0.3 is 0 Å². The van der Waals surface area contributed by atoms with E-state index in [0.717, 1.165) is 12.8 Å². The second-order valence-corrected chi connectivity index (χ2v) is 5.94. The largest absolute Gasteiger partial charge is 0.472 e. The summed E-state index contributed by atoms with van der Waals surface area (Å²) in [6.45, 7) is 0.972. The maximum Gasteiger partial charge on any atom is 0.254 e. The zero-order valence-corrected chi connectivity index (χ0v) is 12.9. The first-order valence-electron chi connectivity index (χ1n) is 7.82. The third-order valence-electron chi connectivity index (χ3n) is 4.28. The molecule has 0 aliphatic heterocycles. The van der Waals surface area contributed by atoms with Crippen LogP contribution in [0, 0.1) is 0 Å². The monoisotopic (exact) mass is 312 g/mol. The van der Waals surface area contributed by atoms with E-state index in [1.807, 2.05) is 18.2 Å². The van der Waals surface area contributed by atoms with E-state index in [1.165, 1.54) is 18.1 Å². The fraction of sp³-hybridized carbons (Fsp3) is 0.333. The lowest BCUT2D eigenvalue weighted by atomic mass is 9.96. The SMILES string of the molecule is O=C(CCNC(=O)c1ccoc1)NCC1(c2ccccc2)CC1. The summed E-state index contributed by atoms with van der Waals surface area (Å²) in [6, 6.07) is 11.9. The first-order valence-corrected chi connectivity index (χ1v) is 7.82. The van der Waals surface area contributed by atoms with E-state index in [2.05, 4.69) is 22.8 Å². The van der Waals surface area contributed by atoms with Crippen LogP contribution in [0.1, 0.15) is 35.2 Å². The fourth-order valence-electron chi connectivity index (χ4n) is 2.65. The van der Waals surface area contributed by atoms with Crippen molar-refractivity contribution in [3.05, 3.63) is 60.1 Å². The van der Waals surface area contributed by atoms with E-state index in [-0.39, 0.29) is 23.7 Å². The van der Waals surface area contributed by atoms with Crippen LogP contribution in [0.2, 0.25) is 0 Å². The van der Waals surface area contributed by atoms with Crippen LogP contribution in [-0.4, -0.2) is 24.9 Å². The van der Waals surface area contributed by atoms with Gasteiger partial charge in [0.25, 0.3) is 5.91 Å². The van der Waals surface area contributed by atoms with E-state index in [4.69, 9.17) is 4.42 Å². The standard InChI is InChI=1S/C18H20N2O3/c21-16(6-10-19-17(22)14-7-11-23-12-14)20-13-18(8-9-18)15-4-2-1-3-5-15/h1-5,7,11-12H,6,8-10,13H2,(H,19,22)(H,20,21). The quantitative estimate of drug-likeness (QED) is 0.823.